The average Bonchev–Trinajstić information content (AvgIpc) is 3.52. The van der Waals surface area contributed by atoms with Crippen molar-refractivity contribution in [2.24, 2.45) is 0 Å². The third kappa shape index (κ3) is 2.40. The largest absolute Gasteiger partial charge is 0.345 e. The van der Waals surface area contributed by atoms with E-state index in [1.54, 1.807) is 84.9 Å². The van der Waals surface area contributed by atoms with E-state index in [2.05, 4.69) is 0 Å². The van der Waals surface area contributed by atoms with Crippen LogP contribution >= 0.6 is 46.4 Å². The van der Waals surface area contributed by atoms with Gasteiger partial charge in [-0.2, -0.15) is 10.0 Å². The zero-order valence-electron chi connectivity index (χ0n) is 19.5. The minimum Gasteiger partial charge on any atom is -0.345 e. The number of fused-ring (bicyclic) bond motifs is 8. The van der Waals surface area contributed by atoms with E-state index in [1.165, 1.54) is 0 Å². The number of hydrogen-bond donors (Lipinski definition) is 0. The van der Waals surface area contributed by atoms with Gasteiger partial charge >= 0.3 is 0 Å². The maximum absolute atomic E-state index is 14.5. The highest BCUT2D eigenvalue weighted by Gasteiger charge is 2.94. The second-order valence-electron chi connectivity index (χ2n) is 9.53. The van der Waals surface area contributed by atoms with Crippen molar-refractivity contribution >= 4 is 70.0 Å². The molecule has 0 aliphatic carbocycles. The summed E-state index contributed by atoms with van der Waals surface area (Å²) in [5, 5.41) is -0.607. The Hall–Kier alpha value is -3.20. The third-order valence-electron chi connectivity index (χ3n) is 7.92. The van der Waals surface area contributed by atoms with Gasteiger partial charge in [0.15, 0.2) is 21.0 Å². The van der Waals surface area contributed by atoms with Crippen LogP contribution in [0.5, 0.6) is 0 Å². The smallest absolute Gasteiger partial charge is 0.293 e. The molecule has 7 rings (SSSR count). The molecule has 7 nitrogen and oxygen atoms in total. The molecule has 0 N–H and O–H groups in total. The van der Waals surface area contributed by atoms with Gasteiger partial charge in [0, 0.05) is 0 Å². The third-order valence-corrected chi connectivity index (χ3v) is 10.2. The lowest BCUT2D eigenvalue weighted by molar-refractivity contribution is -0.176. The summed E-state index contributed by atoms with van der Waals surface area (Å²) < 4.78 is 6.93. The fraction of sp³-hybridized carbons (Fsp3) is 0.143. The van der Waals surface area contributed by atoms with Gasteiger partial charge < -0.3 is 4.74 Å². The zero-order chi connectivity index (χ0) is 27.5. The van der Waals surface area contributed by atoms with Gasteiger partial charge in [-0.15, -0.1) is 23.2 Å². The number of nitrogens with zero attached hydrogens (tertiary/aromatic N) is 2. The molecule has 4 unspecified atom stereocenters. The van der Waals surface area contributed by atoms with Crippen molar-refractivity contribution in [3.05, 3.63) is 117 Å². The first-order valence-electron chi connectivity index (χ1n) is 11.7. The predicted molar refractivity (Wildman–Crippen MR) is 142 cm³/mol. The Bertz CT molecular complexity index is 1580. The first-order valence-corrected chi connectivity index (χ1v) is 13.2. The Labute approximate surface area is 241 Å². The van der Waals surface area contributed by atoms with Crippen molar-refractivity contribution in [2.45, 2.75) is 21.0 Å². The highest BCUT2D eigenvalue weighted by atomic mass is 35.5. The van der Waals surface area contributed by atoms with Gasteiger partial charge in [-0.05, 0) is 22.3 Å². The van der Waals surface area contributed by atoms with Crippen molar-refractivity contribution in [3.8, 4) is 0 Å². The molecule has 0 saturated carbocycles. The predicted octanol–water partition coefficient (Wildman–Crippen LogP) is 4.51. The summed E-state index contributed by atoms with van der Waals surface area (Å²) in [5.74, 6) is -4.56. The molecule has 3 aromatic rings. The molecule has 2 bridgehead atoms. The van der Waals surface area contributed by atoms with E-state index in [0.29, 0.717) is 32.3 Å². The minimum atomic E-state index is -2.37. The maximum Gasteiger partial charge on any atom is 0.293 e. The number of rotatable bonds is 3. The number of benzene rings is 3. The fourth-order valence-electron chi connectivity index (χ4n) is 6.42. The molecule has 4 heterocycles. The Morgan fingerprint density at radius 3 is 1.28 bits per heavy atom. The van der Waals surface area contributed by atoms with E-state index in [0.717, 1.165) is 0 Å². The fourth-order valence-corrected chi connectivity index (χ4v) is 7.82. The van der Waals surface area contributed by atoms with Crippen LogP contribution in [0.25, 0.3) is 0 Å². The van der Waals surface area contributed by atoms with E-state index >= 15 is 0 Å². The van der Waals surface area contributed by atoms with E-state index < -0.39 is 54.6 Å². The van der Waals surface area contributed by atoms with E-state index in [4.69, 9.17) is 51.1 Å². The van der Waals surface area contributed by atoms with Crippen molar-refractivity contribution in [1.29, 1.82) is 0 Å². The summed E-state index contributed by atoms with van der Waals surface area (Å²) in [5.41, 5.74) is -1.69. The SMILES string of the molecule is O=C1C(Cl)=C(Cl)C(=O)N1N1C(=O)C2(Cl)C3(c4ccccc4)OC(c4ccccc4)(c4ccccc43)C2(Cl)C1=O. The molecule has 2 saturated heterocycles. The highest BCUT2D eigenvalue weighted by Crippen LogP contribution is 2.78. The molecule has 39 heavy (non-hydrogen) atoms. The van der Waals surface area contributed by atoms with Crippen molar-refractivity contribution in [2.75, 3.05) is 0 Å². The first-order chi connectivity index (χ1) is 18.6. The summed E-state index contributed by atoms with van der Waals surface area (Å²) in [6.07, 6.45) is 0. The number of halogens is 4. The Balaban J connectivity index is 1.60. The van der Waals surface area contributed by atoms with E-state index in [-0.39, 0.29) is 0 Å². The molecule has 4 atom stereocenters. The van der Waals surface area contributed by atoms with Crippen LogP contribution in [-0.2, 0) is 35.1 Å². The number of amides is 4. The lowest BCUT2D eigenvalue weighted by Crippen LogP contribution is -2.63. The van der Waals surface area contributed by atoms with Crippen LogP contribution < -0.4 is 0 Å². The van der Waals surface area contributed by atoms with Gasteiger partial charge in [0.2, 0.25) is 0 Å². The number of carbonyl (C=O) groups is 4. The summed E-state index contributed by atoms with van der Waals surface area (Å²) in [7, 11) is 0. The van der Waals surface area contributed by atoms with Crippen LogP contribution in [-0.4, -0.2) is 43.4 Å². The Morgan fingerprint density at radius 2 is 0.897 bits per heavy atom. The Kier molecular flexibility index (Phi) is 4.91. The summed E-state index contributed by atoms with van der Waals surface area (Å²) >= 11 is 26.8. The van der Waals surface area contributed by atoms with Crippen molar-refractivity contribution in [3.63, 3.8) is 0 Å². The van der Waals surface area contributed by atoms with Crippen LogP contribution in [0.3, 0.4) is 0 Å². The number of carbonyl (C=O) groups excluding carboxylic acids is 4. The zero-order valence-corrected chi connectivity index (χ0v) is 22.6. The lowest BCUT2D eigenvalue weighted by Gasteiger charge is -2.44. The number of hydrogen-bond acceptors (Lipinski definition) is 5. The van der Waals surface area contributed by atoms with Gasteiger partial charge in [-0.3, -0.25) is 19.2 Å². The second-order valence-corrected chi connectivity index (χ2v) is 11.4. The van der Waals surface area contributed by atoms with Crippen molar-refractivity contribution in [1.82, 2.24) is 10.0 Å². The quantitative estimate of drug-likeness (QED) is 0.327. The molecule has 0 spiro atoms. The molecule has 4 aliphatic rings. The molecular formula is C28H14Cl4N2O5. The van der Waals surface area contributed by atoms with Gasteiger partial charge in [-0.1, -0.05) is 108 Å². The topological polar surface area (TPSA) is 84.0 Å². The number of alkyl halides is 2. The van der Waals surface area contributed by atoms with Gasteiger partial charge in [0.25, 0.3) is 23.6 Å². The molecule has 11 heteroatoms. The monoisotopic (exact) mass is 598 g/mol. The summed E-state index contributed by atoms with van der Waals surface area (Å²) in [4.78, 5) is 50.3. The van der Waals surface area contributed by atoms with Crippen LogP contribution in [0.4, 0.5) is 0 Å². The van der Waals surface area contributed by atoms with Crippen LogP contribution in [0.2, 0.25) is 0 Å². The molecule has 4 amide bonds. The molecule has 0 aromatic heterocycles. The molecule has 194 valence electrons. The lowest BCUT2D eigenvalue weighted by atomic mass is 9.60. The standard InChI is InChI=1S/C28H14Cl4N2O5/c29-19-20(30)22(36)33(21(19)35)34-23(37)27(31)25(15-9-3-1-4-10-15)17-13-7-8-14-18(17)26(39-25,28(27,32)24(34)38)16-11-5-2-6-12-16/h1-14H. The molecule has 4 aliphatic heterocycles. The number of ether oxygens (including phenoxy) is 1. The Morgan fingerprint density at radius 1 is 0.538 bits per heavy atom. The van der Waals surface area contributed by atoms with Crippen LogP contribution in [0.1, 0.15) is 22.3 Å². The summed E-state index contributed by atoms with van der Waals surface area (Å²) in [6, 6.07) is 24.4. The molecule has 2 fully saturated rings. The second kappa shape index (κ2) is 7.71. The normalized spacial score (nSPS) is 32.9. The molecular weight excluding hydrogens is 586 g/mol. The van der Waals surface area contributed by atoms with Crippen LogP contribution in [0, 0.1) is 0 Å². The molecule has 0 radical (unpaired) electrons. The molecule has 3 aromatic carbocycles. The highest BCUT2D eigenvalue weighted by molar-refractivity contribution is 6.60. The van der Waals surface area contributed by atoms with Gasteiger partial charge in [0.05, 0.1) is 0 Å². The van der Waals surface area contributed by atoms with Gasteiger partial charge in [-0.25, -0.2) is 0 Å². The van der Waals surface area contributed by atoms with Crippen LogP contribution in [0.15, 0.2) is 95.0 Å². The average molecular weight is 600 g/mol. The first kappa shape index (κ1) is 24.8. The summed E-state index contributed by atoms with van der Waals surface area (Å²) in [6.45, 7) is 0. The minimum absolute atomic E-state index is 0.295. The van der Waals surface area contributed by atoms with E-state index in [9.17, 15) is 19.2 Å². The number of hydrazine groups is 1. The maximum atomic E-state index is 14.5. The van der Waals surface area contributed by atoms with Crippen molar-refractivity contribution < 1.29 is 23.9 Å². The van der Waals surface area contributed by atoms with E-state index in [1.807, 2.05) is 0 Å². The van der Waals surface area contributed by atoms with Gasteiger partial charge in [0.1, 0.15) is 10.1 Å². The number of imide groups is 2.